The van der Waals surface area contributed by atoms with E-state index in [4.69, 9.17) is 0 Å². The SMILES string of the molecule is CC(=O)C1(C(C)=O)C=CC=C1.C[SiH3]. The van der Waals surface area contributed by atoms with E-state index in [1.54, 1.807) is 24.3 Å². The number of allylic oxidation sites excluding steroid dienone is 4. The molecule has 0 saturated heterocycles. The molecule has 0 atom stereocenters. The zero-order chi connectivity index (χ0) is 10.5. The third-order valence-corrected chi connectivity index (χ3v) is 1.99. The summed E-state index contributed by atoms with van der Waals surface area (Å²) in [6, 6.07) is 0. The smallest absolute Gasteiger partial charge is 0.151 e. The number of Topliss-reactive ketones (excluding diaryl/α,β-unsaturated/α-hetero) is 2. The Morgan fingerprint density at radius 3 is 1.46 bits per heavy atom. The number of rotatable bonds is 2. The van der Waals surface area contributed by atoms with Gasteiger partial charge in [-0.2, -0.15) is 0 Å². The third-order valence-electron chi connectivity index (χ3n) is 1.99. The van der Waals surface area contributed by atoms with E-state index in [1.807, 2.05) is 0 Å². The molecule has 3 heteroatoms. The summed E-state index contributed by atoms with van der Waals surface area (Å²) in [6.07, 6.45) is 6.72. The van der Waals surface area contributed by atoms with Crippen molar-refractivity contribution in [3.63, 3.8) is 0 Å². The quantitative estimate of drug-likeness (QED) is 0.481. The molecular weight excluding hydrogens is 180 g/mol. The van der Waals surface area contributed by atoms with Crippen molar-refractivity contribution in [1.82, 2.24) is 0 Å². The van der Waals surface area contributed by atoms with Crippen LogP contribution in [0.2, 0.25) is 6.55 Å². The van der Waals surface area contributed by atoms with E-state index >= 15 is 0 Å². The monoisotopic (exact) mass is 196 g/mol. The molecule has 0 heterocycles. The normalized spacial score (nSPS) is 16.5. The number of hydrogen-bond donors (Lipinski definition) is 0. The summed E-state index contributed by atoms with van der Waals surface area (Å²) in [5.74, 6) is -0.231. The van der Waals surface area contributed by atoms with E-state index < -0.39 is 5.41 Å². The molecule has 72 valence electrons. The molecule has 0 amide bonds. The van der Waals surface area contributed by atoms with Crippen LogP contribution >= 0.6 is 0 Å². The molecule has 1 aliphatic rings. The van der Waals surface area contributed by atoms with Crippen LogP contribution in [0.1, 0.15) is 13.8 Å². The van der Waals surface area contributed by atoms with Gasteiger partial charge in [-0.05, 0) is 24.1 Å². The summed E-state index contributed by atoms with van der Waals surface area (Å²) in [7, 11) is 1.31. The van der Waals surface area contributed by atoms with Crippen LogP contribution < -0.4 is 0 Å². The van der Waals surface area contributed by atoms with Gasteiger partial charge in [0.05, 0.1) is 0 Å². The molecule has 0 N–H and O–H groups in total. The predicted molar refractivity (Wildman–Crippen MR) is 57.9 cm³/mol. The van der Waals surface area contributed by atoms with Crippen LogP contribution in [0.5, 0.6) is 0 Å². The molecule has 0 radical (unpaired) electrons. The zero-order valence-corrected chi connectivity index (χ0v) is 10.6. The molecule has 13 heavy (non-hydrogen) atoms. The van der Waals surface area contributed by atoms with Gasteiger partial charge in [-0.15, -0.1) is 0 Å². The molecule has 0 aromatic heterocycles. The van der Waals surface area contributed by atoms with Crippen molar-refractivity contribution >= 4 is 21.8 Å². The Bertz CT molecular complexity index is 236. The first-order valence-electron chi connectivity index (χ1n) is 4.49. The Morgan fingerprint density at radius 2 is 1.31 bits per heavy atom. The van der Waals surface area contributed by atoms with Crippen LogP contribution in [0, 0.1) is 5.41 Å². The van der Waals surface area contributed by atoms with Gasteiger partial charge in [0.25, 0.3) is 0 Å². The maximum Gasteiger partial charge on any atom is 0.151 e. The average molecular weight is 196 g/mol. The topological polar surface area (TPSA) is 34.1 Å². The van der Waals surface area contributed by atoms with Gasteiger partial charge in [-0.25, -0.2) is 0 Å². The fourth-order valence-corrected chi connectivity index (χ4v) is 1.19. The first kappa shape index (κ1) is 12.0. The zero-order valence-electron chi connectivity index (χ0n) is 8.63. The predicted octanol–water partition coefficient (Wildman–Crippen LogP) is 0.677. The van der Waals surface area contributed by atoms with E-state index in [2.05, 4.69) is 6.55 Å². The van der Waals surface area contributed by atoms with Crippen molar-refractivity contribution in [3.05, 3.63) is 24.3 Å². The van der Waals surface area contributed by atoms with Gasteiger partial charge in [-0.3, -0.25) is 9.59 Å². The highest BCUT2D eigenvalue weighted by molar-refractivity contribution is 6.09. The summed E-state index contributed by atoms with van der Waals surface area (Å²) < 4.78 is 0. The van der Waals surface area contributed by atoms with Crippen molar-refractivity contribution in [2.24, 2.45) is 5.41 Å². The Labute approximate surface area is 82.1 Å². The number of hydrogen-bond acceptors (Lipinski definition) is 2. The second-order valence-corrected chi connectivity index (χ2v) is 2.70. The summed E-state index contributed by atoms with van der Waals surface area (Å²) in [4.78, 5) is 22.2. The Balaban J connectivity index is 0.000000671. The van der Waals surface area contributed by atoms with Crippen LogP contribution in [-0.4, -0.2) is 21.8 Å². The molecule has 1 aliphatic carbocycles. The summed E-state index contributed by atoms with van der Waals surface area (Å²) in [6.45, 7) is 5.00. The Hall–Kier alpha value is -0.963. The molecule has 0 spiro atoms. The number of carbonyl (C=O) groups is 2. The van der Waals surface area contributed by atoms with Crippen molar-refractivity contribution < 1.29 is 9.59 Å². The highest BCUT2D eigenvalue weighted by Gasteiger charge is 2.36. The molecule has 0 aromatic rings. The van der Waals surface area contributed by atoms with Crippen LogP contribution in [0.3, 0.4) is 0 Å². The van der Waals surface area contributed by atoms with Crippen LogP contribution in [-0.2, 0) is 9.59 Å². The van der Waals surface area contributed by atoms with E-state index in [1.165, 1.54) is 24.1 Å². The summed E-state index contributed by atoms with van der Waals surface area (Å²) in [5.41, 5.74) is -0.944. The lowest BCUT2D eigenvalue weighted by molar-refractivity contribution is -0.132. The lowest BCUT2D eigenvalue weighted by Gasteiger charge is -2.16. The molecule has 0 unspecified atom stereocenters. The summed E-state index contributed by atoms with van der Waals surface area (Å²) in [5, 5.41) is 0. The van der Waals surface area contributed by atoms with Crippen LogP contribution in [0.15, 0.2) is 24.3 Å². The molecule has 0 bridgehead atoms. The molecule has 0 saturated carbocycles. The molecular formula is C10H16O2Si. The minimum Gasteiger partial charge on any atom is -0.298 e. The molecule has 0 aromatic carbocycles. The largest absolute Gasteiger partial charge is 0.298 e. The fourth-order valence-electron chi connectivity index (χ4n) is 1.19. The van der Waals surface area contributed by atoms with Crippen molar-refractivity contribution in [2.45, 2.75) is 20.4 Å². The fraction of sp³-hybridized carbons (Fsp3) is 0.400. The van der Waals surface area contributed by atoms with Gasteiger partial charge in [0.15, 0.2) is 11.6 Å². The first-order valence-corrected chi connectivity index (χ1v) is 6.49. The highest BCUT2D eigenvalue weighted by Crippen LogP contribution is 2.27. The van der Waals surface area contributed by atoms with Crippen molar-refractivity contribution in [2.75, 3.05) is 0 Å². The van der Waals surface area contributed by atoms with Gasteiger partial charge in [0.2, 0.25) is 0 Å². The van der Waals surface area contributed by atoms with Crippen LogP contribution in [0.25, 0.3) is 0 Å². The van der Waals surface area contributed by atoms with E-state index in [0.717, 1.165) is 0 Å². The van der Waals surface area contributed by atoms with Crippen molar-refractivity contribution in [1.29, 1.82) is 0 Å². The first-order chi connectivity index (χ1) is 6.09. The third kappa shape index (κ3) is 2.25. The maximum absolute atomic E-state index is 11.1. The lowest BCUT2D eigenvalue weighted by Crippen LogP contribution is -2.30. The Morgan fingerprint density at radius 1 is 1.00 bits per heavy atom. The molecule has 0 aliphatic heterocycles. The minimum atomic E-state index is -0.944. The van der Waals surface area contributed by atoms with E-state index in [-0.39, 0.29) is 11.6 Å². The van der Waals surface area contributed by atoms with E-state index in [9.17, 15) is 9.59 Å². The number of ketones is 2. The van der Waals surface area contributed by atoms with Gasteiger partial charge >= 0.3 is 0 Å². The Kier molecular flexibility index (Phi) is 4.55. The number of carbonyl (C=O) groups excluding carboxylic acids is 2. The average Bonchev–Trinajstić information content (AvgIpc) is 2.56. The molecule has 2 nitrogen and oxygen atoms in total. The standard InChI is InChI=1S/C9H10O2.CH6Si/c1-7(10)9(8(2)11)5-3-4-6-9;1-2/h3-6H,1-2H3;1-2H3. The second kappa shape index (κ2) is 4.92. The van der Waals surface area contributed by atoms with Gasteiger partial charge in [-0.1, -0.05) is 30.9 Å². The van der Waals surface area contributed by atoms with Gasteiger partial charge in [0.1, 0.15) is 5.41 Å². The lowest BCUT2D eigenvalue weighted by atomic mass is 9.82. The molecule has 1 rings (SSSR count). The van der Waals surface area contributed by atoms with Crippen molar-refractivity contribution in [3.8, 4) is 0 Å². The van der Waals surface area contributed by atoms with E-state index in [0.29, 0.717) is 0 Å². The maximum atomic E-state index is 11.1. The van der Waals surface area contributed by atoms with Gasteiger partial charge in [0, 0.05) is 0 Å². The van der Waals surface area contributed by atoms with Crippen LogP contribution in [0.4, 0.5) is 0 Å². The highest BCUT2D eigenvalue weighted by atomic mass is 28.1. The second-order valence-electron chi connectivity index (χ2n) is 2.70. The summed E-state index contributed by atoms with van der Waals surface area (Å²) >= 11 is 0. The molecule has 0 fully saturated rings. The minimum absolute atomic E-state index is 0.116. The van der Waals surface area contributed by atoms with Gasteiger partial charge < -0.3 is 0 Å².